The first kappa shape index (κ1) is 59.0. The summed E-state index contributed by atoms with van der Waals surface area (Å²) in [6.45, 7) is 8.95. The summed E-state index contributed by atoms with van der Waals surface area (Å²) in [4.78, 5) is -0.189. The van der Waals surface area contributed by atoms with Crippen molar-refractivity contribution in [3.8, 4) is 0 Å². The van der Waals surface area contributed by atoms with Gasteiger partial charge in [0.25, 0.3) is 0 Å². The Balaban J connectivity index is 0.000000440. The van der Waals surface area contributed by atoms with Crippen molar-refractivity contribution in [1.82, 2.24) is 0 Å². The largest absolute Gasteiger partial charge is 2.00 e. The van der Waals surface area contributed by atoms with E-state index in [1.165, 1.54) is 165 Å². The second kappa shape index (κ2) is 34.2. The summed E-state index contributed by atoms with van der Waals surface area (Å²) in [5.74, 6) is 0. The van der Waals surface area contributed by atoms with Crippen molar-refractivity contribution in [1.29, 1.82) is 0 Å². The van der Waals surface area contributed by atoms with Gasteiger partial charge in [-0.2, -0.15) is 0 Å². The molecule has 0 fully saturated rings. The van der Waals surface area contributed by atoms with Crippen LogP contribution in [0, 0.1) is 0 Å². The number of unbranched alkanes of at least 4 members (excludes halogenated alkanes) is 24. The molecule has 0 saturated heterocycles. The van der Waals surface area contributed by atoms with Crippen LogP contribution in [-0.4, -0.2) is 25.9 Å². The van der Waals surface area contributed by atoms with E-state index in [1.807, 2.05) is 12.1 Å². The van der Waals surface area contributed by atoms with Crippen LogP contribution in [0.15, 0.2) is 70.5 Å². The molecule has 0 N–H and O–H groups in total. The third kappa shape index (κ3) is 24.1. The molecule has 0 aliphatic carbocycles. The average molecular weight is 985 g/mol. The molecule has 0 unspecified atom stereocenters. The van der Waals surface area contributed by atoms with Crippen LogP contribution >= 0.6 is 0 Å². The smallest absolute Gasteiger partial charge is 0.744 e. The number of hydrogen-bond acceptors (Lipinski definition) is 6. The molecule has 0 radical (unpaired) electrons. The second-order valence-electron chi connectivity index (χ2n) is 18.7. The van der Waals surface area contributed by atoms with Crippen molar-refractivity contribution < 1.29 is 45.4 Å². The Morgan fingerprint density at radius 3 is 0.877 bits per heavy atom. The molecule has 0 aliphatic heterocycles. The van der Waals surface area contributed by atoms with E-state index in [4.69, 9.17) is 0 Å². The third-order valence-electron chi connectivity index (χ3n) is 13.0. The Kier molecular flexibility index (Phi) is 31.0. The van der Waals surface area contributed by atoms with Crippen molar-refractivity contribution in [2.75, 3.05) is 0 Å². The molecule has 4 aromatic rings. The maximum atomic E-state index is 11.7. The molecule has 0 bridgehead atoms. The van der Waals surface area contributed by atoms with Crippen LogP contribution in [-0.2, 0) is 65.4 Å². The SMILES string of the molecule is CCCCCCCCCc1ccc2cc(S(=O)(=O)[O-])cc(CCCCCCCCC)c2c1.CCCCCCCCCc1ccc2cc(S(=O)(=O)[O-])cc(CCCCCCCCC)c2c1.[Zn+2]. The maximum absolute atomic E-state index is 11.7. The normalized spacial score (nSPS) is 11.8. The minimum absolute atomic E-state index is 0. The molecule has 0 amide bonds. The van der Waals surface area contributed by atoms with E-state index in [1.54, 1.807) is 24.3 Å². The van der Waals surface area contributed by atoms with Gasteiger partial charge in [0, 0.05) is 0 Å². The van der Waals surface area contributed by atoms with Gasteiger partial charge in [0.15, 0.2) is 0 Å². The van der Waals surface area contributed by atoms with E-state index in [2.05, 4.69) is 52.0 Å². The third-order valence-corrected chi connectivity index (χ3v) is 14.6. The van der Waals surface area contributed by atoms with Gasteiger partial charge in [-0.3, -0.25) is 0 Å². The molecule has 0 heterocycles. The summed E-state index contributed by atoms with van der Waals surface area (Å²) in [6.07, 6.45) is 39.0. The Hall–Kier alpha value is -2.16. The van der Waals surface area contributed by atoms with Crippen LogP contribution in [0.2, 0.25) is 0 Å². The Morgan fingerprint density at radius 2 is 0.600 bits per heavy atom. The summed E-state index contributed by atoms with van der Waals surface area (Å²) >= 11 is 0. The summed E-state index contributed by atoms with van der Waals surface area (Å²) in [5.41, 5.74) is 4.63. The van der Waals surface area contributed by atoms with Crippen LogP contribution in [0.1, 0.15) is 230 Å². The van der Waals surface area contributed by atoms with Gasteiger partial charge in [0.1, 0.15) is 20.2 Å². The van der Waals surface area contributed by atoms with Gasteiger partial charge in [-0.1, -0.05) is 218 Å². The van der Waals surface area contributed by atoms with Crippen LogP contribution in [0.3, 0.4) is 0 Å². The number of rotatable bonds is 34. The van der Waals surface area contributed by atoms with Crippen LogP contribution < -0.4 is 0 Å². The molecule has 0 atom stereocenters. The molecular weight excluding hydrogens is 898 g/mol. The van der Waals surface area contributed by atoms with Crippen LogP contribution in [0.4, 0.5) is 0 Å². The molecule has 360 valence electrons. The Labute approximate surface area is 410 Å². The molecule has 0 aromatic heterocycles. The Bertz CT molecular complexity index is 1960. The van der Waals surface area contributed by atoms with Crippen LogP contribution in [0.25, 0.3) is 21.5 Å². The first-order valence-corrected chi connectivity index (χ1v) is 28.8. The van der Waals surface area contributed by atoms with Crippen LogP contribution in [0.5, 0.6) is 0 Å². The van der Waals surface area contributed by atoms with Gasteiger partial charge in [-0.25, -0.2) is 16.8 Å². The van der Waals surface area contributed by atoms with E-state index >= 15 is 0 Å². The van der Waals surface area contributed by atoms with Gasteiger partial charge in [0.2, 0.25) is 0 Å². The Morgan fingerprint density at radius 1 is 0.338 bits per heavy atom. The van der Waals surface area contributed by atoms with Crippen molar-refractivity contribution in [2.24, 2.45) is 0 Å². The zero-order chi connectivity index (χ0) is 46.5. The molecule has 0 saturated carbocycles. The summed E-state index contributed by atoms with van der Waals surface area (Å²) in [6, 6.07) is 19.0. The molecule has 6 nitrogen and oxygen atoms in total. The minimum Gasteiger partial charge on any atom is -0.744 e. The average Bonchev–Trinajstić information content (AvgIpc) is 3.27. The summed E-state index contributed by atoms with van der Waals surface area (Å²) in [5, 5.41) is 3.96. The van der Waals surface area contributed by atoms with E-state index in [-0.39, 0.29) is 29.3 Å². The van der Waals surface area contributed by atoms with Gasteiger partial charge in [-0.15, -0.1) is 0 Å². The molecule has 4 rings (SSSR count). The zero-order valence-electron chi connectivity index (χ0n) is 41.4. The monoisotopic (exact) mass is 983 g/mol. The zero-order valence-corrected chi connectivity index (χ0v) is 46.0. The molecular formula is C56H86O6S2Zn. The first-order chi connectivity index (χ1) is 30.9. The predicted octanol–water partition coefficient (Wildman–Crippen LogP) is 16.7. The summed E-state index contributed by atoms with van der Waals surface area (Å²) < 4.78 is 70.1. The first-order valence-electron chi connectivity index (χ1n) is 25.9. The van der Waals surface area contributed by atoms with Crippen molar-refractivity contribution in [3.05, 3.63) is 82.9 Å². The summed E-state index contributed by atoms with van der Waals surface area (Å²) in [7, 11) is -8.90. The quantitative estimate of drug-likeness (QED) is 0.0262. The standard InChI is InChI=1S/2C28H44O3S.Zn/c2*1-3-5-7-9-11-13-15-17-24-19-20-26-23-27(32(29,30)31)22-25(28(26)21-24)18-16-14-12-10-8-6-4-2;/h2*19-23H,3-18H2,1-2H3,(H,29,30,31);/q;;+2/p-2. The van der Waals surface area contributed by atoms with Crippen molar-refractivity contribution >= 4 is 41.8 Å². The molecule has 0 aliphatic rings. The second-order valence-corrected chi connectivity index (χ2v) is 21.4. The minimum atomic E-state index is -4.45. The molecule has 9 heteroatoms. The fraction of sp³-hybridized carbons (Fsp3) is 0.643. The molecule has 65 heavy (non-hydrogen) atoms. The van der Waals surface area contributed by atoms with Gasteiger partial charge >= 0.3 is 19.5 Å². The van der Waals surface area contributed by atoms with Crippen molar-refractivity contribution in [2.45, 2.75) is 243 Å². The van der Waals surface area contributed by atoms with E-state index < -0.39 is 20.2 Å². The molecule has 0 spiro atoms. The number of aryl methyl sites for hydroxylation is 4. The van der Waals surface area contributed by atoms with Gasteiger partial charge in [-0.05, 0) is 119 Å². The van der Waals surface area contributed by atoms with Gasteiger partial charge in [0.05, 0.1) is 9.79 Å². The number of hydrogen-bond donors (Lipinski definition) is 0. The number of fused-ring (bicyclic) bond motifs is 2. The fourth-order valence-electron chi connectivity index (χ4n) is 9.03. The predicted molar refractivity (Wildman–Crippen MR) is 271 cm³/mol. The number of benzene rings is 4. The van der Waals surface area contributed by atoms with Gasteiger partial charge < -0.3 is 9.11 Å². The van der Waals surface area contributed by atoms with E-state index in [0.29, 0.717) is 0 Å². The van der Waals surface area contributed by atoms with Crippen molar-refractivity contribution in [3.63, 3.8) is 0 Å². The van der Waals surface area contributed by atoms with E-state index in [9.17, 15) is 25.9 Å². The fourth-order valence-corrected chi connectivity index (χ4v) is 10.2. The topological polar surface area (TPSA) is 114 Å². The molecule has 4 aromatic carbocycles. The van der Waals surface area contributed by atoms with E-state index in [0.717, 1.165) is 84.0 Å². The maximum Gasteiger partial charge on any atom is 2.00 e.